The molecule has 2 heterocycles. The predicted molar refractivity (Wildman–Crippen MR) is 101 cm³/mol. The summed E-state index contributed by atoms with van der Waals surface area (Å²) in [5.41, 5.74) is 2.51. The number of halogens is 1. The molecule has 27 heavy (non-hydrogen) atoms. The number of rotatable bonds is 2. The first kappa shape index (κ1) is 17.4. The van der Waals surface area contributed by atoms with Gasteiger partial charge < -0.3 is 19.7 Å². The number of fused-ring (bicyclic) bond motifs is 3. The van der Waals surface area contributed by atoms with E-state index in [0.717, 1.165) is 16.5 Å². The summed E-state index contributed by atoms with van der Waals surface area (Å²) in [6.45, 7) is 0.423. The monoisotopic (exact) mass is 384 g/mol. The average molecular weight is 385 g/mol. The third kappa shape index (κ3) is 3.36. The summed E-state index contributed by atoms with van der Waals surface area (Å²) in [7, 11) is 0. The van der Waals surface area contributed by atoms with Crippen molar-refractivity contribution in [1.82, 2.24) is 9.88 Å². The van der Waals surface area contributed by atoms with Gasteiger partial charge in [0, 0.05) is 34.7 Å². The molecule has 0 aliphatic carbocycles. The van der Waals surface area contributed by atoms with Crippen molar-refractivity contribution in [3.8, 4) is 5.75 Å². The minimum Gasteiger partial charge on any atom is -0.481 e. The third-order valence-electron chi connectivity index (χ3n) is 4.80. The number of nitrogens with one attached hydrogen (secondary N) is 1. The van der Waals surface area contributed by atoms with Gasteiger partial charge in [-0.05, 0) is 42.3 Å². The molecule has 138 valence electrons. The summed E-state index contributed by atoms with van der Waals surface area (Å²) in [4.78, 5) is 29.1. The van der Waals surface area contributed by atoms with Crippen molar-refractivity contribution in [1.29, 1.82) is 0 Å². The molecular formula is C20H17ClN2O4. The highest BCUT2D eigenvalue weighted by atomic mass is 35.5. The maximum absolute atomic E-state index is 12.6. The fourth-order valence-electron chi connectivity index (χ4n) is 3.47. The summed E-state index contributed by atoms with van der Waals surface area (Å²) in [5, 5.41) is 11.3. The topological polar surface area (TPSA) is 82.6 Å². The number of H-pyrrole nitrogens is 1. The lowest BCUT2D eigenvalue weighted by Gasteiger charge is -2.22. The predicted octanol–water partition coefficient (Wildman–Crippen LogP) is 4.05. The molecule has 0 saturated heterocycles. The molecular weight excluding hydrogens is 368 g/mol. The van der Waals surface area contributed by atoms with Gasteiger partial charge in [-0.15, -0.1) is 0 Å². The first-order valence-electron chi connectivity index (χ1n) is 8.57. The first-order chi connectivity index (χ1) is 13.0. The number of aromatic nitrogens is 1. The zero-order chi connectivity index (χ0) is 19.0. The highest BCUT2D eigenvalue weighted by Gasteiger charge is 2.33. The number of carbonyl (C=O) groups excluding carboxylic acids is 1. The maximum atomic E-state index is 12.6. The minimum atomic E-state index is -0.978. The van der Waals surface area contributed by atoms with E-state index in [1.54, 1.807) is 24.3 Å². The Bertz CT molecular complexity index is 1010. The van der Waals surface area contributed by atoms with E-state index in [1.807, 2.05) is 24.3 Å². The number of carboxylic acid groups (broad SMARTS) is 1. The number of ether oxygens (including phenoxy) is 1. The van der Waals surface area contributed by atoms with Gasteiger partial charge in [0.15, 0.2) is 0 Å². The number of para-hydroxylation sites is 1. The van der Waals surface area contributed by atoms with Crippen molar-refractivity contribution in [2.45, 2.75) is 12.3 Å². The summed E-state index contributed by atoms with van der Waals surface area (Å²) in [6.07, 6.45) is -0.0169. The molecule has 3 aromatic rings. The van der Waals surface area contributed by atoms with Gasteiger partial charge in [0.05, 0.1) is 0 Å². The number of aliphatic carboxylic acids is 1. The second kappa shape index (κ2) is 6.96. The van der Waals surface area contributed by atoms with E-state index in [1.165, 1.54) is 4.90 Å². The van der Waals surface area contributed by atoms with Gasteiger partial charge >= 0.3 is 12.1 Å². The number of hydrogen-bond donors (Lipinski definition) is 2. The number of benzene rings is 2. The van der Waals surface area contributed by atoms with Crippen molar-refractivity contribution in [2.75, 3.05) is 13.1 Å². The van der Waals surface area contributed by atoms with E-state index >= 15 is 0 Å². The highest BCUT2D eigenvalue weighted by molar-refractivity contribution is 6.30. The van der Waals surface area contributed by atoms with Crippen LogP contribution < -0.4 is 4.74 Å². The van der Waals surface area contributed by atoms with Crippen molar-refractivity contribution >= 4 is 34.6 Å². The standard InChI is InChI=1S/C20H17ClN2O4/c21-12-5-7-13(8-6-12)27-20(26)23-10-9-15-14-3-1-2-4-17(14)22-18(15)16(11-23)19(24)25/h1-8,16,22H,9-11H2,(H,24,25). The smallest absolute Gasteiger partial charge is 0.415 e. The van der Waals surface area contributed by atoms with Crippen LogP contribution in [0.15, 0.2) is 48.5 Å². The van der Waals surface area contributed by atoms with Crippen molar-refractivity contribution in [3.63, 3.8) is 0 Å². The van der Waals surface area contributed by atoms with Crippen molar-refractivity contribution in [2.24, 2.45) is 0 Å². The van der Waals surface area contributed by atoms with Crippen LogP contribution in [0.4, 0.5) is 4.79 Å². The average Bonchev–Trinajstić information content (AvgIpc) is 2.90. The molecule has 0 spiro atoms. The number of carbonyl (C=O) groups is 2. The second-order valence-electron chi connectivity index (χ2n) is 6.47. The molecule has 0 bridgehead atoms. The third-order valence-corrected chi connectivity index (χ3v) is 5.06. The zero-order valence-electron chi connectivity index (χ0n) is 14.3. The summed E-state index contributed by atoms with van der Waals surface area (Å²) < 4.78 is 5.38. The highest BCUT2D eigenvalue weighted by Crippen LogP contribution is 2.32. The van der Waals surface area contributed by atoms with E-state index < -0.39 is 18.0 Å². The lowest BCUT2D eigenvalue weighted by molar-refractivity contribution is -0.139. The summed E-state index contributed by atoms with van der Waals surface area (Å²) in [5.74, 6) is -1.45. The fraction of sp³-hybridized carbons (Fsp3) is 0.200. The Hall–Kier alpha value is -2.99. The Morgan fingerprint density at radius 3 is 2.63 bits per heavy atom. The Labute approximate surface area is 160 Å². The molecule has 0 saturated carbocycles. The molecule has 4 rings (SSSR count). The minimum absolute atomic E-state index is 0.0432. The van der Waals surface area contributed by atoms with E-state index in [2.05, 4.69) is 4.98 Å². The molecule has 0 fully saturated rings. The first-order valence-corrected chi connectivity index (χ1v) is 8.95. The van der Waals surface area contributed by atoms with Crippen LogP contribution in [0, 0.1) is 0 Å². The molecule has 1 aliphatic heterocycles. The van der Waals surface area contributed by atoms with Crippen LogP contribution in [0.3, 0.4) is 0 Å². The number of amides is 1. The van der Waals surface area contributed by atoms with Gasteiger partial charge in [-0.2, -0.15) is 0 Å². The Kier molecular flexibility index (Phi) is 4.49. The van der Waals surface area contributed by atoms with Gasteiger partial charge in [-0.25, -0.2) is 4.79 Å². The van der Waals surface area contributed by atoms with Crippen LogP contribution in [-0.2, 0) is 11.2 Å². The normalized spacial score (nSPS) is 16.6. The number of carboxylic acids is 1. The Morgan fingerprint density at radius 1 is 1.15 bits per heavy atom. The van der Waals surface area contributed by atoms with Crippen molar-refractivity contribution < 1.29 is 19.4 Å². The van der Waals surface area contributed by atoms with Gasteiger partial charge in [0.1, 0.15) is 11.7 Å². The van der Waals surface area contributed by atoms with Crippen LogP contribution in [0.5, 0.6) is 5.75 Å². The van der Waals surface area contributed by atoms with Gasteiger partial charge in [-0.3, -0.25) is 4.79 Å². The fourth-order valence-corrected chi connectivity index (χ4v) is 3.60. The lowest BCUT2D eigenvalue weighted by atomic mass is 10.00. The molecule has 6 nitrogen and oxygen atoms in total. The number of hydrogen-bond acceptors (Lipinski definition) is 3. The molecule has 7 heteroatoms. The van der Waals surface area contributed by atoms with Crippen LogP contribution >= 0.6 is 11.6 Å². The molecule has 2 N–H and O–H groups in total. The van der Waals surface area contributed by atoms with Crippen molar-refractivity contribution in [3.05, 3.63) is 64.8 Å². The van der Waals surface area contributed by atoms with Gasteiger partial charge in [-0.1, -0.05) is 29.8 Å². The van der Waals surface area contributed by atoms with Crippen LogP contribution in [0.25, 0.3) is 10.9 Å². The zero-order valence-corrected chi connectivity index (χ0v) is 15.1. The number of aromatic amines is 1. The SMILES string of the molecule is O=C(O)C1CN(C(=O)Oc2ccc(Cl)cc2)CCc2c1[nH]c1ccccc21. The molecule has 1 atom stereocenters. The molecule has 1 aromatic heterocycles. The van der Waals surface area contributed by atoms with Crippen LogP contribution in [0.2, 0.25) is 5.02 Å². The van der Waals surface area contributed by atoms with E-state index in [0.29, 0.717) is 29.4 Å². The quantitative estimate of drug-likeness (QED) is 0.698. The van der Waals surface area contributed by atoms with E-state index in [-0.39, 0.29) is 6.54 Å². The van der Waals surface area contributed by atoms with E-state index in [9.17, 15) is 14.7 Å². The second-order valence-corrected chi connectivity index (χ2v) is 6.91. The molecule has 0 radical (unpaired) electrons. The largest absolute Gasteiger partial charge is 0.481 e. The maximum Gasteiger partial charge on any atom is 0.415 e. The summed E-state index contributed by atoms with van der Waals surface area (Å²) >= 11 is 5.84. The van der Waals surface area contributed by atoms with Gasteiger partial charge in [0.25, 0.3) is 0 Å². The number of nitrogens with zero attached hydrogens (tertiary/aromatic N) is 1. The summed E-state index contributed by atoms with van der Waals surface area (Å²) in [6, 6.07) is 14.2. The Balaban J connectivity index is 1.61. The molecule has 2 aromatic carbocycles. The van der Waals surface area contributed by atoms with Crippen LogP contribution in [0.1, 0.15) is 17.2 Å². The van der Waals surface area contributed by atoms with Gasteiger partial charge in [0.2, 0.25) is 0 Å². The lowest BCUT2D eigenvalue weighted by Crippen LogP contribution is -2.38. The molecule has 1 amide bonds. The molecule has 1 unspecified atom stereocenters. The van der Waals surface area contributed by atoms with Crippen LogP contribution in [-0.4, -0.2) is 40.1 Å². The Morgan fingerprint density at radius 2 is 1.89 bits per heavy atom. The molecule has 1 aliphatic rings. The van der Waals surface area contributed by atoms with E-state index in [4.69, 9.17) is 16.3 Å².